The molecule has 0 N–H and O–H groups in total. The van der Waals surface area contributed by atoms with Crippen molar-refractivity contribution in [3.8, 4) is 0 Å². The van der Waals surface area contributed by atoms with Crippen LogP contribution in [0.1, 0.15) is 47.9 Å². The van der Waals surface area contributed by atoms with Gasteiger partial charge >= 0.3 is 0 Å². The van der Waals surface area contributed by atoms with Gasteiger partial charge in [-0.1, -0.05) is 44.2 Å². The van der Waals surface area contributed by atoms with E-state index in [-0.39, 0.29) is 5.78 Å². The van der Waals surface area contributed by atoms with Crippen molar-refractivity contribution in [3.05, 3.63) is 59.4 Å². The minimum Gasteiger partial charge on any atom is -0.342 e. The van der Waals surface area contributed by atoms with Crippen LogP contribution < -0.4 is 0 Å². The normalized spacial score (nSPS) is 17.7. The van der Waals surface area contributed by atoms with Crippen LogP contribution in [0.25, 0.3) is 0 Å². The van der Waals surface area contributed by atoms with E-state index in [1.807, 2.05) is 36.4 Å². The molecule has 1 atom stereocenters. The highest BCUT2D eigenvalue weighted by atomic mass is 16.1. The van der Waals surface area contributed by atoms with Crippen molar-refractivity contribution < 1.29 is 4.79 Å². The zero-order chi connectivity index (χ0) is 13.4. The molecule has 0 bridgehead atoms. The van der Waals surface area contributed by atoms with Crippen LogP contribution in [0.4, 0.5) is 0 Å². The zero-order valence-corrected chi connectivity index (χ0v) is 11.5. The molecule has 0 saturated heterocycles. The summed E-state index contributed by atoms with van der Waals surface area (Å²) in [5, 5.41) is 0. The number of benzene rings is 1. The summed E-state index contributed by atoms with van der Waals surface area (Å²) >= 11 is 0. The second-order valence-electron chi connectivity index (χ2n) is 5.63. The average Bonchev–Trinajstić information content (AvgIpc) is 2.99. The third kappa shape index (κ3) is 2.01. The van der Waals surface area contributed by atoms with Crippen molar-refractivity contribution in [1.29, 1.82) is 0 Å². The van der Waals surface area contributed by atoms with Gasteiger partial charge in [-0.25, -0.2) is 0 Å². The first-order valence-corrected chi connectivity index (χ1v) is 6.97. The van der Waals surface area contributed by atoms with Gasteiger partial charge in [0.15, 0.2) is 0 Å². The molecule has 0 fully saturated rings. The fraction of sp³-hybridized carbons (Fsp3) is 0.353. The number of hydrogen-bond acceptors (Lipinski definition) is 1. The Morgan fingerprint density at radius 1 is 1.16 bits per heavy atom. The lowest BCUT2D eigenvalue weighted by molar-refractivity contribution is 0.103. The number of hydrogen-bond donors (Lipinski definition) is 0. The maximum Gasteiger partial charge on any atom is 0.209 e. The lowest BCUT2D eigenvalue weighted by Gasteiger charge is -2.12. The Balaban J connectivity index is 1.97. The predicted octanol–water partition coefficient (Wildman–Crippen LogP) is 3.86. The van der Waals surface area contributed by atoms with Crippen LogP contribution in [0.5, 0.6) is 0 Å². The molecule has 1 aliphatic rings. The van der Waals surface area contributed by atoms with Crippen molar-refractivity contribution in [2.75, 3.05) is 0 Å². The molecule has 0 saturated carbocycles. The minimum absolute atomic E-state index is 0.135. The van der Waals surface area contributed by atoms with E-state index in [0.29, 0.717) is 11.8 Å². The minimum atomic E-state index is 0.135. The van der Waals surface area contributed by atoms with Crippen molar-refractivity contribution >= 4 is 5.78 Å². The summed E-state index contributed by atoms with van der Waals surface area (Å²) in [5.41, 5.74) is 2.94. The number of ketones is 1. The Bertz CT molecular complexity index is 595. The Morgan fingerprint density at radius 2 is 1.89 bits per heavy atom. The maximum absolute atomic E-state index is 12.5. The largest absolute Gasteiger partial charge is 0.342 e. The van der Waals surface area contributed by atoms with Gasteiger partial charge in [0.05, 0.1) is 5.69 Å². The summed E-state index contributed by atoms with van der Waals surface area (Å²) in [6, 6.07) is 13.7. The Morgan fingerprint density at radius 3 is 2.58 bits per heavy atom. The topological polar surface area (TPSA) is 22.0 Å². The molecular formula is C17H19NO. The van der Waals surface area contributed by atoms with Gasteiger partial charge in [0.25, 0.3) is 0 Å². The highest BCUT2D eigenvalue weighted by molar-refractivity contribution is 6.08. The zero-order valence-electron chi connectivity index (χ0n) is 11.5. The third-order valence-electron chi connectivity index (χ3n) is 4.13. The number of aromatic nitrogens is 1. The Kier molecular flexibility index (Phi) is 3.02. The Hall–Kier alpha value is -1.83. The molecule has 2 heterocycles. The number of nitrogens with zero attached hydrogens (tertiary/aromatic N) is 1. The van der Waals surface area contributed by atoms with Crippen molar-refractivity contribution in [3.63, 3.8) is 0 Å². The van der Waals surface area contributed by atoms with Gasteiger partial charge in [0, 0.05) is 23.7 Å². The summed E-state index contributed by atoms with van der Waals surface area (Å²) in [4.78, 5) is 12.5. The second-order valence-corrected chi connectivity index (χ2v) is 5.63. The molecule has 2 aromatic rings. The van der Waals surface area contributed by atoms with Crippen LogP contribution in [0, 0.1) is 5.92 Å². The molecule has 1 unspecified atom stereocenters. The SMILES string of the molecule is CC(C)C1CCn2c(C(=O)c3ccccc3)ccc21. The first-order valence-electron chi connectivity index (χ1n) is 6.97. The van der Waals surface area contributed by atoms with Gasteiger partial charge in [0.1, 0.15) is 0 Å². The number of fused-ring (bicyclic) bond motifs is 1. The first-order chi connectivity index (χ1) is 9.18. The van der Waals surface area contributed by atoms with E-state index < -0.39 is 0 Å². The summed E-state index contributed by atoms with van der Waals surface area (Å²) < 4.78 is 2.21. The fourth-order valence-corrected chi connectivity index (χ4v) is 3.08. The molecule has 0 spiro atoms. The summed E-state index contributed by atoms with van der Waals surface area (Å²) in [6.45, 7) is 5.48. The molecule has 1 aromatic heterocycles. The molecule has 0 aliphatic carbocycles. The predicted molar refractivity (Wildman–Crippen MR) is 76.5 cm³/mol. The van der Waals surface area contributed by atoms with E-state index in [9.17, 15) is 4.79 Å². The molecule has 0 radical (unpaired) electrons. The molecule has 1 aliphatic heterocycles. The fourth-order valence-electron chi connectivity index (χ4n) is 3.08. The van der Waals surface area contributed by atoms with Crippen LogP contribution in [-0.2, 0) is 6.54 Å². The molecule has 2 nitrogen and oxygen atoms in total. The molecular weight excluding hydrogens is 234 g/mol. The van der Waals surface area contributed by atoms with E-state index in [2.05, 4.69) is 24.5 Å². The third-order valence-corrected chi connectivity index (χ3v) is 4.13. The maximum atomic E-state index is 12.5. The van der Waals surface area contributed by atoms with Crippen LogP contribution in [0.2, 0.25) is 0 Å². The first kappa shape index (κ1) is 12.2. The van der Waals surface area contributed by atoms with Gasteiger partial charge in [-0.3, -0.25) is 4.79 Å². The molecule has 0 amide bonds. The van der Waals surface area contributed by atoms with Crippen molar-refractivity contribution in [1.82, 2.24) is 4.57 Å². The van der Waals surface area contributed by atoms with E-state index in [4.69, 9.17) is 0 Å². The lowest BCUT2D eigenvalue weighted by Crippen LogP contribution is -2.09. The highest BCUT2D eigenvalue weighted by Gasteiger charge is 2.28. The molecule has 3 rings (SSSR count). The summed E-state index contributed by atoms with van der Waals surface area (Å²) in [5.74, 6) is 1.37. The summed E-state index contributed by atoms with van der Waals surface area (Å²) in [7, 11) is 0. The van der Waals surface area contributed by atoms with E-state index in [1.165, 1.54) is 5.69 Å². The molecule has 98 valence electrons. The van der Waals surface area contributed by atoms with Crippen molar-refractivity contribution in [2.45, 2.75) is 32.7 Å². The number of rotatable bonds is 3. The summed E-state index contributed by atoms with van der Waals surface area (Å²) in [6.07, 6.45) is 1.16. The van der Waals surface area contributed by atoms with Gasteiger partial charge in [-0.05, 0) is 24.5 Å². The van der Waals surface area contributed by atoms with Crippen LogP contribution in [0.15, 0.2) is 42.5 Å². The number of carbonyl (C=O) groups excluding carboxylic acids is 1. The van der Waals surface area contributed by atoms with E-state index in [1.54, 1.807) is 0 Å². The molecule has 19 heavy (non-hydrogen) atoms. The van der Waals surface area contributed by atoms with Crippen molar-refractivity contribution in [2.24, 2.45) is 5.92 Å². The standard InChI is InChI=1S/C17H19NO/c1-12(2)14-10-11-18-15(14)8-9-16(18)17(19)13-6-4-3-5-7-13/h3-9,12,14H,10-11H2,1-2H3. The van der Waals surface area contributed by atoms with Gasteiger partial charge in [-0.2, -0.15) is 0 Å². The van der Waals surface area contributed by atoms with Crippen LogP contribution >= 0.6 is 0 Å². The van der Waals surface area contributed by atoms with Gasteiger partial charge < -0.3 is 4.57 Å². The molecule has 2 heteroatoms. The smallest absolute Gasteiger partial charge is 0.209 e. The monoisotopic (exact) mass is 253 g/mol. The number of carbonyl (C=O) groups is 1. The van der Waals surface area contributed by atoms with E-state index >= 15 is 0 Å². The second kappa shape index (κ2) is 4.69. The van der Waals surface area contributed by atoms with E-state index in [0.717, 1.165) is 24.2 Å². The van der Waals surface area contributed by atoms with Crippen LogP contribution in [-0.4, -0.2) is 10.4 Å². The van der Waals surface area contributed by atoms with Gasteiger partial charge in [-0.15, -0.1) is 0 Å². The quantitative estimate of drug-likeness (QED) is 0.761. The average molecular weight is 253 g/mol. The lowest BCUT2D eigenvalue weighted by atomic mass is 9.92. The van der Waals surface area contributed by atoms with Crippen LogP contribution in [0.3, 0.4) is 0 Å². The highest BCUT2D eigenvalue weighted by Crippen LogP contribution is 2.36. The molecule has 1 aromatic carbocycles. The van der Waals surface area contributed by atoms with Gasteiger partial charge in [0.2, 0.25) is 5.78 Å². The Labute approximate surface area is 114 Å².